The summed E-state index contributed by atoms with van der Waals surface area (Å²) in [4.78, 5) is 2.28. The minimum absolute atomic E-state index is 0.447. The second kappa shape index (κ2) is 4.78. The first-order valence-electron chi connectivity index (χ1n) is 6.52. The van der Waals surface area contributed by atoms with Crippen molar-refractivity contribution < 1.29 is 0 Å². The zero-order chi connectivity index (χ0) is 13.4. The first-order valence-corrected chi connectivity index (χ1v) is 6.90. The highest BCUT2D eigenvalue weighted by Gasteiger charge is 2.23. The molecule has 0 saturated heterocycles. The molecule has 3 heteroatoms. The lowest BCUT2D eigenvalue weighted by atomic mass is 9.99. The van der Waals surface area contributed by atoms with E-state index in [0.717, 1.165) is 28.4 Å². The summed E-state index contributed by atoms with van der Waals surface area (Å²) in [5, 5.41) is 4.33. The molecule has 1 aliphatic heterocycles. The maximum Gasteiger partial charge on any atom is 0.0694 e. The van der Waals surface area contributed by atoms with Crippen LogP contribution in [0.4, 0.5) is 11.4 Å². The third-order valence-electron chi connectivity index (χ3n) is 3.52. The lowest BCUT2D eigenvalue weighted by Gasteiger charge is -2.35. The van der Waals surface area contributed by atoms with Crippen LogP contribution >= 0.6 is 11.6 Å². The number of nitrogens with one attached hydrogen (secondary N) is 1. The van der Waals surface area contributed by atoms with Crippen molar-refractivity contribution in [1.29, 1.82) is 0 Å². The molecule has 2 nitrogen and oxygen atoms in total. The highest BCUT2D eigenvalue weighted by molar-refractivity contribution is 6.34. The average Bonchev–Trinajstić information content (AvgIpc) is 2.40. The maximum atomic E-state index is 6.44. The van der Waals surface area contributed by atoms with E-state index in [0.29, 0.717) is 6.04 Å². The summed E-state index contributed by atoms with van der Waals surface area (Å²) in [6.07, 6.45) is 0. The summed E-state index contributed by atoms with van der Waals surface area (Å²) < 4.78 is 0. The normalized spacial score (nSPS) is 17.8. The Bertz CT molecular complexity index is 595. The van der Waals surface area contributed by atoms with Gasteiger partial charge in [0.1, 0.15) is 0 Å². The predicted molar refractivity (Wildman–Crippen MR) is 83.2 cm³/mol. The number of hydrogen-bond donors (Lipinski definition) is 1. The minimum atomic E-state index is 0.447. The molecule has 98 valence electrons. The fourth-order valence-electron chi connectivity index (χ4n) is 2.77. The van der Waals surface area contributed by atoms with E-state index < -0.39 is 0 Å². The molecular formula is C16H17ClN2. The van der Waals surface area contributed by atoms with Crippen LogP contribution in [0.1, 0.15) is 6.92 Å². The van der Waals surface area contributed by atoms with Gasteiger partial charge in [0.2, 0.25) is 0 Å². The topological polar surface area (TPSA) is 15.3 Å². The molecule has 19 heavy (non-hydrogen) atoms. The molecule has 1 aliphatic rings. The van der Waals surface area contributed by atoms with E-state index in [4.69, 9.17) is 11.6 Å². The number of benzene rings is 2. The Morgan fingerprint density at radius 1 is 1.16 bits per heavy atom. The Balaban J connectivity index is 2.22. The van der Waals surface area contributed by atoms with Crippen molar-refractivity contribution in [2.24, 2.45) is 0 Å². The van der Waals surface area contributed by atoms with Crippen molar-refractivity contribution in [3.8, 4) is 11.1 Å². The van der Waals surface area contributed by atoms with E-state index in [9.17, 15) is 0 Å². The molecule has 1 atom stereocenters. The number of hydrogen-bond acceptors (Lipinski definition) is 2. The molecule has 0 aliphatic carbocycles. The van der Waals surface area contributed by atoms with Crippen LogP contribution in [0.5, 0.6) is 0 Å². The van der Waals surface area contributed by atoms with Crippen LogP contribution in [0.15, 0.2) is 42.5 Å². The van der Waals surface area contributed by atoms with Gasteiger partial charge in [0.05, 0.1) is 16.4 Å². The quantitative estimate of drug-likeness (QED) is 0.835. The SMILES string of the molecule is CC1CN(C)c2c(ccc(Cl)c2-c2ccccc2)N1. The Kier molecular flexibility index (Phi) is 3.11. The summed E-state index contributed by atoms with van der Waals surface area (Å²) in [6.45, 7) is 3.17. The Hall–Kier alpha value is -1.67. The van der Waals surface area contributed by atoms with Crippen LogP contribution in [-0.4, -0.2) is 19.6 Å². The van der Waals surface area contributed by atoms with Crippen molar-refractivity contribution in [3.05, 3.63) is 47.5 Å². The van der Waals surface area contributed by atoms with Gasteiger partial charge < -0.3 is 10.2 Å². The summed E-state index contributed by atoms with van der Waals surface area (Å²) in [5.74, 6) is 0. The first-order chi connectivity index (χ1) is 9.16. The second-order valence-electron chi connectivity index (χ2n) is 5.11. The van der Waals surface area contributed by atoms with E-state index in [1.165, 1.54) is 5.69 Å². The van der Waals surface area contributed by atoms with E-state index in [1.54, 1.807) is 0 Å². The van der Waals surface area contributed by atoms with Gasteiger partial charge in [0.15, 0.2) is 0 Å². The monoisotopic (exact) mass is 272 g/mol. The van der Waals surface area contributed by atoms with Gasteiger partial charge in [-0.2, -0.15) is 0 Å². The van der Waals surface area contributed by atoms with Crippen molar-refractivity contribution in [2.75, 3.05) is 23.8 Å². The van der Waals surface area contributed by atoms with E-state index in [-0.39, 0.29) is 0 Å². The van der Waals surface area contributed by atoms with E-state index >= 15 is 0 Å². The average molecular weight is 273 g/mol. The molecular weight excluding hydrogens is 256 g/mol. The summed E-state index contributed by atoms with van der Waals surface area (Å²) >= 11 is 6.44. The molecule has 0 saturated carbocycles. The Morgan fingerprint density at radius 2 is 1.89 bits per heavy atom. The lowest BCUT2D eigenvalue weighted by Crippen LogP contribution is -2.37. The standard InChI is InChI=1S/C16H17ClN2/c1-11-10-19(2)16-14(18-11)9-8-13(17)15(16)12-6-4-3-5-7-12/h3-9,11,18H,10H2,1-2H3. The van der Waals surface area contributed by atoms with Gasteiger partial charge in [-0.3, -0.25) is 0 Å². The molecule has 3 rings (SSSR count). The van der Waals surface area contributed by atoms with E-state index in [1.807, 2.05) is 24.3 Å². The second-order valence-corrected chi connectivity index (χ2v) is 5.52. The zero-order valence-corrected chi connectivity index (χ0v) is 11.9. The van der Waals surface area contributed by atoms with Crippen LogP contribution in [0.2, 0.25) is 5.02 Å². The zero-order valence-electron chi connectivity index (χ0n) is 11.2. The van der Waals surface area contributed by atoms with Crippen molar-refractivity contribution in [2.45, 2.75) is 13.0 Å². The summed E-state index contributed by atoms with van der Waals surface area (Å²) in [7, 11) is 2.12. The molecule has 0 amide bonds. The summed E-state index contributed by atoms with van der Waals surface area (Å²) in [5.41, 5.74) is 4.62. The van der Waals surface area contributed by atoms with Crippen LogP contribution in [0.25, 0.3) is 11.1 Å². The van der Waals surface area contributed by atoms with Gasteiger partial charge in [0, 0.05) is 25.2 Å². The number of likely N-dealkylation sites (N-methyl/N-ethyl adjacent to an activating group) is 1. The van der Waals surface area contributed by atoms with E-state index in [2.05, 4.69) is 42.4 Å². The number of rotatable bonds is 1. The third kappa shape index (κ3) is 2.17. The predicted octanol–water partition coefficient (Wildman–Crippen LogP) is 4.26. The molecule has 0 fully saturated rings. The van der Waals surface area contributed by atoms with Gasteiger partial charge >= 0.3 is 0 Å². The van der Waals surface area contributed by atoms with Gasteiger partial charge in [-0.15, -0.1) is 0 Å². The lowest BCUT2D eigenvalue weighted by molar-refractivity contribution is 0.738. The largest absolute Gasteiger partial charge is 0.379 e. The molecule has 1 unspecified atom stereocenters. The van der Waals surface area contributed by atoms with Crippen molar-refractivity contribution >= 4 is 23.0 Å². The molecule has 2 aromatic rings. The molecule has 0 aromatic heterocycles. The fourth-order valence-corrected chi connectivity index (χ4v) is 3.03. The van der Waals surface area contributed by atoms with Crippen molar-refractivity contribution in [1.82, 2.24) is 0 Å². The highest BCUT2D eigenvalue weighted by Crippen LogP contribution is 2.43. The molecule has 0 radical (unpaired) electrons. The highest BCUT2D eigenvalue weighted by atomic mass is 35.5. The molecule has 0 spiro atoms. The van der Waals surface area contributed by atoms with Gasteiger partial charge in [-0.1, -0.05) is 41.9 Å². The molecule has 1 N–H and O–H groups in total. The smallest absolute Gasteiger partial charge is 0.0694 e. The van der Waals surface area contributed by atoms with Crippen LogP contribution < -0.4 is 10.2 Å². The van der Waals surface area contributed by atoms with Crippen LogP contribution in [-0.2, 0) is 0 Å². The Morgan fingerprint density at radius 3 is 2.63 bits per heavy atom. The number of fused-ring (bicyclic) bond motifs is 1. The van der Waals surface area contributed by atoms with Gasteiger partial charge in [-0.05, 0) is 24.6 Å². The Labute approximate surface area is 119 Å². The minimum Gasteiger partial charge on any atom is -0.379 e. The molecule has 2 aromatic carbocycles. The summed E-state index contributed by atoms with van der Waals surface area (Å²) in [6, 6.07) is 14.8. The van der Waals surface area contributed by atoms with Crippen LogP contribution in [0.3, 0.4) is 0 Å². The van der Waals surface area contributed by atoms with Crippen LogP contribution in [0, 0.1) is 0 Å². The molecule has 1 heterocycles. The molecule has 0 bridgehead atoms. The fraction of sp³-hybridized carbons (Fsp3) is 0.250. The van der Waals surface area contributed by atoms with Gasteiger partial charge in [-0.25, -0.2) is 0 Å². The maximum absolute atomic E-state index is 6.44. The number of halogens is 1. The number of nitrogens with zero attached hydrogens (tertiary/aromatic N) is 1. The van der Waals surface area contributed by atoms with Crippen molar-refractivity contribution in [3.63, 3.8) is 0 Å². The van der Waals surface area contributed by atoms with Gasteiger partial charge in [0.25, 0.3) is 0 Å². The number of anilines is 2. The first kappa shape index (κ1) is 12.4. The third-order valence-corrected chi connectivity index (χ3v) is 3.84.